The molecule has 0 aliphatic rings. The number of aromatic nitrogens is 2. The summed E-state index contributed by atoms with van der Waals surface area (Å²) in [7, 11) is -1.04. The van der Waals surface area contributed by atoms with E-state index in [9.17, 15) is 22.2 Å². The van der Waals surface area contributed by atoms with Gasteiger partial charge in [-0.15, -0.1) is 5.10 Å². The summed E-state index contributed by atoms with van der Waals surface area (Å²) in [4.78, 5) is 12.5. The van der Waals surface area contributed by atoms with Gasteiger partial charge >= 0.3 is 6.18 Å². The number of hydrogen-bond acceptors (Lipinski definition) is 7. The van der Waals surface area contributed by atoms with Crippen molar-refractivity contribution in [3.05, 3.63) is 70.9 Å². The third kappa shape index (κ3) is 5.88. The molecular weight excluding hydrogens is 485 g/mol. The first-order valence-electron chi connectivity index (χ1n) is 10.3. The fourth-order valence-corrected chi connectivity index (χ4v) is 4.68. The first-order chi connectivity index (χ1) is 16.5. The van der Waals surface area contributed by atoms with Crippen molar-refractivity contribution in [2.75, 3.05) is 20.8 Å². The molecule has 0 unspecified atom stereocenters. The molecule has 3 rings (SSSR count). The Bertz CT molecular complexity index is 1340. The third-order valence-corrected chi connectivity index (χ3v) is 6.83. The zero-order valence-electron chi connectivity index (χ0n) is 19.1. The molecule has 2 aromatic carbocycles. The molecule has 1 aromatic heterocycles. The average molecular weight is 509 g/mol. The molecule has 3 aromatic rings. The molecule has 1 amide bonds. The molecule has 35 heavy (non-hydrogen) atoms. The number of alkyl halides is 3. The van der Waals surface area contributed by atoms with Crippen LogP contribution in [0.2, 0.25) is 0 Å². The predicted octanol–water partition coefficient (Wildman–Crippen LogP) is 4.26. The van der Waals surface area contributed by atoms with Crippen LogP contribution in [0.1, 0.15) is 27.2 Å². The monoisotopic (exact) mass is 508 g/mol. The van der Waals surface area contributed by atoms with Crippen LogP contribution < -0.4 is 14.8 Å². The minimum atomic E-state index is -4.69. The molecule has 0 saturated heterocycles. The summed E-state index contributed by atoms with van der Waals surface area (Å²) < 4.78 is 71.6. The zero-order valence-corrected chi connectivity index (χ0v) is 19.9. The van der Waals surface area contributed by atoms with Gasteiger partial charge in [0.15, 0.2) is 5.03 Å². The van der Waals surface area contributed by atoms with Crippen LogP contribution in [0.3, 0.4) is 0 Å². The van der Waals surface area contributed by atoms with Gasteiger partial charge in [-0.2, -0.15) is 18.3 Å². The Morgan fingerprint density at radius 3 is 2.49 bits per heavy atom. The van der Waals surface area contributed by atoms with E-state index in [1.807, 2.05) is 0 Å². The molecule has 186 valence electrons. The number of nitrogens with one attached hydrogen (secondary N) is 2. The topological polar surface area (TPSA) is 114 Å². The number of hydrogen-bond donors (Lipinski definition) is 2. The van der Waals surface area contributed by atoms with Crippen molar-refractivity contribution >= 4 is 15.6 Å². The molecule has 12 heteroatoms. The largest absolute Gasteiger partial charge is 0.497 e. The standard InChI is InChI=1S/C23H23F3N4O4S/c1-14-11-19(21(31)28-10-9-15-7-8-17(33-2)13-20(15)34-3)22(30-29-14)35(27,32)18-6-4-5-16(12-18)23(24,25)26/h4-8,11-13,27H,9-10H2,1-3H3,(H,28,31)/t35-/m0/s1. The highest BCUT2D eigenvalue weighted by molar-refractivity contribution is 7.92. The third-order valence-electron chi connectivity index (χ3n) is 5.07. The smallest absolute Gasteiger partial charge is 0.416 e. The van der Waals surface area contributed by atoms with Gasteiger partial charge in [0.2, 0.25) is 0 Å². The minimum absolute atomic E-state index is 0.158. The van der Waals surface area contributed by atoms with Gasteiger partial charge in [0, 0.05) is 12.6 Å². The zero-order chi connectivity index (χ0) is 25.8. The van der Waals surface area contributed by atoms with Crippen molar-refractivity contribution in [3.8, 4) is 11.5 Å². The molecule has 1 atom stereocenters. The van der Waals surface area contributed by atoms with E-state index in [2.05, 4.69) is 15.5 Å². The maximum absolute atomic E-state index is 13.3. The summed E-state index contributed by atoms with van der Waals surface area (Å²) in [5.41, 5.74) is -0.146. The van der Waals surface area contributed by atoms with E-state index in [4.69, 9.17) is 14.3 Å². The number of rotatable bonds is 8. The molecule has 0 radical (unpaired) electrons. The predicted molar refractivity (Wildman–Crippen MR) is 121 cm³/mol. The van der Waals surface area contributed by atoms with Crippen LogP contribution in [-0.2, 0) is 22.3 Å². The van der Waals surface area contributed by atoms with Gasteiger partial charge in [-0.05, 0) is 49.2 Å². The van der Waals surface area contributed by atoms with E-state index in [1.54, 1.807) is 25.1 Å². The lowest BCUT2D eigenvalue weighted by Crippen LogP contribution is -2.28. The molecule has 1 heterocycles. The van der Waals surface area contributed by atoms with Crippen LogP contribution in [0.25, 0.3) is 0 Å². The molecule has 2 N–H and O–H groups in total. The van der Waals surface area contributed by atoms with Crippen molar-refractivity contribution in [2.24, 2.45) is 0 Å². The van der Waals surface area contributed by atoms with Crippen molar-refractivity contribution in [1.82, 2.24) is 15.5 Å². The van der Waals surface area contributed by atoms with Gasteiger partial charge in [-0.1, -0.05) is 12.1 Å². The fraction of sp³-hybridized carbons (Fsp3) is 0.261. The van der Waals surface area contributed by atoms with Gasteiger partial charge in [0.1, 0.15) is 21.2 Å². The maximum atomic E-state index is 13.3. The van der Waals surface area contributed by atoms with E-state index in [-0.39, 0.29) is 12.1 Å². The Morgan fingerprint density at radius 1 is 1.09 bits per heavy atom. The number of amides is 1. The second kappa shape index (κ2) is 10.3. The highest BCUT2D eigenvalue weighted by Crippen LogP contribution is 2.32. The summed E-state index contributed by atoms with van der Waals surface area (Å²) in [5, 5.41) is 9.69. The normalized spacial score (nSPS) is 13.1. The van der Waals surface area contributed by atoms with Crippen LogP contribution in [0, 0.1) is 11.7 Å². The lowest BCUT2D eigenvalue weighted by Gasteiger charge is -2.14. The molecule has 0 aliphatic heterocycles. The summed E-state index contributed by atoms with van der Waals surface area (Å²) in [6.45, 7) is 1.71. The number of ether oxygens (including phenoxy) is 2. The lowest BCUT2D eigenvalue weighted by molar-refractivity contribution is -0.137. The first kappa shape index (κ1) is 25.9. The molecule has 0 aliphatic carbocycles. The molecule has 8 nitrogen and oxygen atoms in total. The Hall–Kier alpha value is -3.67. The van der Waals surface area contributed by atoms with Crippen LogP contribution in [0.5, 0.6) is 11.5 Å². The Balaban J connectivity index is 1.87. The van der Waals surface area contributed by atoms with Crippen LogP contribution >= 0.6 is 0 Å². The quantitative estimate of drug-likeness (QED) is 0.470. The van der Waals surface area contributed by atoms with Crippen molar-refractivity contribution in [2.45, 2.75) is 29.4 Å². The van der Waals surface area contributed by atoms with Crippen molar-refractivity contribution in [3.63, 3.8) is 0 Å². The highest BCUT2D eigenvalue weighted by Gasteiger charge is 2.32. The van der Waals surface area contributed by atoms with Crippen LogP contribution in [0.4, 0.5) is 13.2 Å². The number of halogens is 3. The van der Waals surface area contributed by atoms with Crippen molar-refractivity contribution < 1.29 is 31.6 Å². The highest BCUT2D eigenvalue weighted by atomic mass is 32.2. The van der Waals surface area contributed by atoms with Crippen LogP contribution in [0.15, 0.2) is 58.5 Å². The van der Waals surface area contributed by atoms with Gasteiger partial charge in [-0.25, -0.2) is 8.99 Å². The second-order valence-electron chi connectivity index (χ2n) is 7.47. The fourth-order valence-electron chi connectivity index (χ4n) is 3.28. The van der Waals surface area contributed by atoms with E-state index in [0.29, 0.717) is 29.7 Å². The minimum Gasteiger partial charge on any atom is -0.497 e. The van der Waals surface area contributed by atoms with Gasteiger partial charge in [0.25, 0.3) is 5.91 Å². The number of methoxy groups -OCH3 is 2. The molecule has 0 spiro atoms. The molecular formula is C23H23F3N4O4S. The van der Waals surface area contributed by atoms with Gasteiger partial charge < -0.3 is 14.8 Å². The van der Waals surface area contributed by atoms with Crippen molar-refractivity contribution in [1.29, 1.82) is 4.78 Å². The Kier molecular flexibility index (Phi) is 7.64. The lowest BCUT2D eigenvalue weighted by atomic mass is 10.1. The van der Waals surface area contributed by atoms with E-state index < -0.39 is 37.3 Å². The summed E-state index contributed by atoms with van der Waals surface area (Å²) in [5.74, 6) is 0.495. The van der Waals surface area contributed by atoms with Crippen LogP contribution in [-0.4, -0.2) is 41.1 Å². The van der Waals surface area contributed by atoms with Gasteiger partial charge in [-0.3, -0.25) is 4.79 Å². The number of aryl methyl sites for hydroxylation is 1. The van der Waals surface area contributed by atoms with E-state index >= 15 is 0 Å². The van der Waals surface area contributed by atoms with Gasteiger partial charge in [0.05, 0.1) is 35.9 Å². The molecule has 0 saturated carbocycles. The van der Waals surface area contributed by atoms with E-state index in [0.717, 1.165) is 23.8 Å². The van der Waals surface area contributed by atoms with E-state index in [1.165, 1.54) is 20.3 Å². The maximum Gasteiger partial charge on any atom is 0.416 e. The number of carbonyl (C=O) groups excluding carboxylic acids is 1. The second-order valence-corrected chi connectivity index (χ2v) is 9.44. The average Bonchev–Trinajstić information content (AvgIpc) is 2.83. The molecule has 0 bridgehead atoms. The number of benzene rings is 2. The summed E-state index contributed by atoms with van der Waals surface area (Å²) in [6, 6.07) is 10.1. The Morgan fingerprint density at radius 2 is 1.83 bits per heavy atom. The first-order valence-corrected chi connectivity index (χ1v) is 11.8. The number of carbonyl (C=O) groups is 1. The summed E-state index contributed by atoms with van der Waals surface area (Å²) >= 11 is 0. The number of nitrogens with zero attached hydrogens (tertiary/aromatic N) is 2. The SMILES string of the molecule is COc1ccc(CCNC(=O)c2cc(C)nnc2[S@@](=N)(=O)c2cccc(C(F)(F)F)c2)c(OC)c1. The Labute approximate surface area is 200 Å². The molecule has 0 fully saturated rings. The summed E-state index contributed by atoms with van der Waals surface area (Å²) in [6.07, 6.45) is -4.30.